The van der Waals surface area contributed by atoms with Crippen molar-refractivity contribution in [3.63, 3.8) is 0 Å². The second kappa shape index (κ2) is 30.7. The monoisotopic (exact) mass is 171 g/mol. The minimum Gasteiger partial charge on any atom is -0.518 e. The van der Waals surface area contributed by atoms with Crippen molar-refractivity contribution in [3.05, 3.63) is 25.3 Å². The van der Waals surface area contributed by atoms with Crippen molar-refractivity contribution in [3.8, 4) is 0 Å². The number of hydrogen-bond acceptors (Lipinski definition) is 0. The maximum Gasteiger partial charge on any atom is 0 e. The average molecular weight is 171 g/mol. The van der Waals surface area contributed by atoms with Gasteiger partial charge in [0.25, 0.3) is 0 Å². The molecule has 0 saturated heterocycles. The molecule has 0 rings (SSSR count). The number of rotatable bonds is 0. The Balaban J connectivity index is -0.0000000400. The summed E-state index contributed by atoms with van der Waals surface area (Å²) < 4.78 is 0. The maximum atomic E-state index is 4.72. The van der Waals surface area contributed by atoms with Crippen LogP contribution in [-0.4, -0.2) is 0 Å². The third-order valence-corrected chi connectivity index (χ3v) is 0. The fraction of sp³-hybridized carbons (Fsp3) is 0.333. The van der Waals surface area contributed by atoms with Gasteiger partial charge in [0.2, 0.25) is 0 Å². The summed E-state index contributed by atoms with van der Waals surface area (Å²) in [4.78, 5) is 0. The zero-order valence-electron chi connectivity index (χ0n) is 4.94. The third-order valence-electron chi connectivity index (χ3n) is 0. The molecular formula is C6H10Y-2. The molecule has 0 atom stereocenters. The van der Waals surface area contributed by atoms with Crippen LogP contribution in [0.1, 0.15) is 13.8 Å². The van der Waals surface area contributed by atoms with E-state index in [0.29, 0.717) is 0 Å². The average Bonchev–Trinajstić information content (AvgIpc) is 1.39. The van der Waals surface area contributed by atoms with Gasteiger partial charge in [-0.25, -0.2) is 0 Å². The fourth-order valence-corrected chi connectivity index (χ4v) is 0. The molecule has 0 aliphatic rings. The van der Waals surface area contributed by atoms with Gasteiger partial charge >= 0.3 is 0 Å². The van der Waals surface area contributed by atoms with E-state index in [9.17, 15) is 0 Å². The van der Waals surface area contributed by atoms with E-state index < -0.39 is 0 Å². The quantitative estimate of drug-likeness (QED) is 0.489. The Labute approximate surface area is 71.6 Å². The molecule has 0 fully saturated rings. The molecule has 0 unspecified atom stereocenters. The van der Waals surface area contributed by atoms with Crippen molar-refractivity contribution >= 4 is 0 Å². The van der Waals surface area contributed by atoms with E-state index in [2.05, 4.69) is 12.7 Å². The van der Waals surface area contributed by atoms with Gasteiger partial charge in [-0.05, 0) is 0 Å². The number of hydrogen-bond donors (Lipinski definition) is 0. The molecule has 0 aromatic rings. The molecule has 39 valence electrons. The first kappa shape index (κ1) is 15.6. The van der Waals surface area contributed by atoms with Crippen molar-refractivity contribution in [2.45, 2.75) is 13.8 Å². The molecule has 0 aromatic carbocycles. The number of allylic oxidation sites excluding steroid dienone is 2. The molecule has 0 heterocycles. The molecule has 0 saturated carbocycles. The van der Waals surface area contributed by atoms with Gasteiger partial charge in [0.05, 0.1) is 0 Å². The molecular weight excluding hydrogens is 161 g/mol. The zero-order valence-corrected chi connectivity index (χ0v) is 7.78. The molecule has 0 N–H and O–H groups in total. The predicted molar refractivity (Wildman–Crippen MR) is 29.1 cm³/mol. The van der Waals surface area contributed by atoms with Crippen molar-refractivity contribution in [2.75, 3.05) is 0 Å². The molecule has 0 bridgehead atoms. The molecule has 0 aliphatic heterocycles. The van der Waals surface area contributed by atoms with Crippen LogP contribution >= 0.6 is 0 Å². The van der Waals surface area contributed by atoms with Gasteiger partial charge in [0, 0.05) is 32.7 Å². The van der Waals surface area contributed by atoms with Gasteiger partial charge in [0.1, 0.15) is 0 Å². The maximum absolute atomic E-state index is 4.72. The largest absolute Gasteiger partial charge is 0.518 e. The van der Waals surface area contributed by atoms with Crippen LogP contribution in [0.4, 0.5) is 0 Å². The van der Waals surface area contributed by atoms with E-state index in [4.69, 9.17) is 6.58 Å². The summed E-state index contributed by atoms with van der Waals surface area (Å²) in [6, 6.07) is 0. The van der Waals surface area contributed by atoms with Crippen LogP contribution in [0, 0.1) is 12.7 Å². The first-order valence-corrected chi connectivity index (χ1v) is 1.76. The summed E-state index contributed by atoms with van der Waals surface area (Å²) in [5.41, 5.74) is 0. The van der Waals surface area contributed by atoms with Crippen LogP contribution in [0.2, 0.25) is 0 Å². The summed E-state index contributed by atoms with van der Waals surface area (Å²) in [5, 5.41) is 0. The Hall–Kier alpha value is 0.584. The van der Waals surface area contributed by atoms with E-state index >= 15 is 0 Å². The molecule has 7 heavy (non-hydrogen) atoms. The van der Waals surface area contributed by atoms with Gasteiger partial charge in [-0.15, -0.1) is 0 Å². The van der Waals surface area contributed by atoms with E-state index in [1.54, 1.807) is 13.8 Å². The van der Waals surface area contributed by atoms with Gasteiger partial charge in [-0.3, -0.25) is 12.7 Å². The van der Waals surface area contributed by atoms with E-state index in [0.717, 1.165) is 0 Å². The van der Waals surface area contributed by atoms with E-state index in [1.807, 2.05) is 0 Å². The standard InChI is InChI=1S/2C3H5.Y/c2*1-3-2;/h1H2,2H3;1,3H,2H3;/q2*-1;. The van der Waals surface area contributed by atoms with Crippen LogP contribution in [0.15, 0.2) is 12.7 Å². The van der Waals surface area contributed by atoms with Crippen LogP contribution in [-0.2, 0) is 32.7 Å². The van der Waals surface area contributed by atoms with Gasteiger partial charge in [0.15, 0.2) is 0 Å². The summed E-state index contributed by atoms with van der Waals surface area (Å²) in [6.45, 7) is 11.5. The van der Waals surface area contributed by atoms with E-state index in [1.165, 1.54) is 6.08 Å². The molecule has 0 spiro atoms. The molecule has 0 amide bonds. The van der Waals surface area contributed by atoms with Crippen molar-refractivity contribution < 1.29 is 32.7 Å². The van der Waals surface area contributed by atoms with Crippen LogP contribution in [0.25, 0.3) is 0 Å². The Morgan fingerprint density at radius 1 is 1.71 bits per heavy atom. The molecule has 0 nitrogen and oxygen atoms in total. The van der Waals surface area contributed by atoms with Crippen molar-refractivity contribution in [1.29, 1.82) is 0 Å². The second-order valence-electron chi connectivity index (χ2n) is 0.687. The fourth-order valence-electron chi connectivity index (χ4n) is 0. The summed E-state index contributed by atoms with van der Waals surface area (Å²) >= 11 is 0. The van der Waals surface area contributed by atoms with Crippen molar-refractivity contribution in [1.82, 2.24) is 0 Å². The Kier molecular flexibility index (Phi) is 68.7. The van der Waals surface area contributed by atoms with Crippen LogP contribution in [0.5, 0.6) is 0 Å². The normalized spacial score (nSPS) is 3.71. The third kappa shape index (κ3) is 406. The molecule has 0 aromatic heterocycles. The Morgan fingerprint density at radius 2 is 1.71 bits per heavy atom. The van der Waals surface area contributed by atoms with Crippen molar-refractivity contribution in [2.24, 2.45) is 0 Å². The minimum absolute atomic E-state index is 0. The summed E-state index contributed by atoms with van der Waals surface area (Å²) in [7, 11) is 0. The Bertz CT molecular complexity index is 25.2. The Morgan fingerprint density at radius 3 is 1.71 bits per heavy atom. The topological polar surface area (TPSA) is 0 Å². The first-order valence-electron chi connectivity index (χ1n) is 1.76. The van der Waals surface area contributed by atoms with Crippen LogP contribution in [0.3, 0.4) is 0 Å². The first-order chi connectivity index (χ1) is 2.83. The minimum atomic E-state index is 0. The molecule has 0 aliphatic carbocycles. The van der Waals surface area contributed by atoms with Gasteiger partial charge in [-0.1, -0.05) is 6.92 Å². The van der Waals surface area contributed by atoms with Gasteiger partial charge < -0.3 is 12.7 Å². The molecule has 1 heteroatoms. The predicted octanol–water partition coefficient (Wildman–Crippen LogP) is 1.99. The molecule has 1 radical (unpaired) electrons. The smallest absolute Gasteiger partial charge is 0 e. The summed E-state index contributed by atoms with van der Waals surface area (Å²) in [5.74, 6) is 0. The van der Waals surface area contributed by atoms with Crippen LogP contribution < -0.4 is 0 Å². The second-order valence-corrected chi connectivity index (χ2v) is 0.687. The van der Waals surface area contributed by atoms with E-state index in [-0.39, 0.29) is 32.7 Å². The van der Waals surface area contributed by atoms with Gasteiger partial charge in [-0.2, -0.15) is 6.92 Å². The summed E-state index contributed by atoms with van der Waals surface area (Å²) in [6.07, 6.45) is 4.00. The zero-order chi connectivity index (χ0) is 5.41. The SMILES string of the molecule is C=[C-]C.[CH-]=CC.[Y].